The van der Waals surface area contributed by atoms with Gasteiger partial charge in [-0.1, -0.05) is 72.6 Å². The van der Waals surface area contributed by atoms with Gasteiger partial charge in [0.1, 0.15) is 0 Å². The zero-order chi connectivity index (χ0) is 14.8. The van der Waals surface area contributed by atoms with E-state index < -0.39 is 0 Å². The summed E-state index contributed by atoms with van der Waals surface area (Å²) in [7, 11) is 0. The van der Waals surface area contributed by atoms with E-state index in [1.54, 1.807) is 0 Å². The van der Waals surface area contributed by atoms with Gasteiger partial charge in [0, 0.05) is 21.7 Å². The number of anilines is 1. The fourth-order valence-electron chi connectivity index (χ4n) is 2.15. The van der Waals surface area contributed by atoms with Crippen molar-refractivity contribution in [3.8, 4) is 0 Å². The second kappa shape index (κ2) is 6.19. The molecule has 0 bridgehead atoms. The van der Waals surface area contributed by atoms with Crippen molar-refractivity contribution in [1.29, 1.82) is 0 Å². The fraction of sp³-hybridized carbons (Fsp3) is 0.294. The number of nitrogens with one attached hydrogen (secondary N) is 1. The molecule has 0 heterocycles. The summed E-state index contributed by atoms with van der Waals surface area (Å²) in [5.41, 5.74) is 3.82. The zero-order valence-electron chi connectivity index (χ0n) is 12.0. The van der Waals surface area contributed by atoms with Crippen LogP contribution in [0.15, 0.2) is 46.9 Å². The third kappa shape index (κ3) is 3.77. The monoisotopic (exact) mass is 351 g/mol. The molecule has 1 N–H and O–H groups in total. The third-order valence-corrected chi connectivity index (χ3v) is 4.19. The molecule has 0 radical (unpaired) electrons. The van der Waals surface area contributed by atoms with Crippen molar-refractivity contribution >= 4 is 33.2 Å². The Hall–Kier alpha value is -0.990. The van der Waals surface area contributed by atoms with Gasteiger partial charge in [0.05, 0.1) is 0 Å². The summed E-state index contributed by atoms with van der Waals surface area (Å²) in [6.07, 6.45) is 0. The molecule has 0 saturated carbocycles. The van der Waals surface area contributed by atoms with Gasteiger partial charge in [0.2, 0.25) is 0 Å². The first-order valence-corrected chi connectivity index (χ1v) is 7.82. The van der Waals surface area contributed by atoms with Crippen molar-refractivity contribution in [2.24, 2.45) is 0 Å². The van der Waals surface area contributed by atoms with Crippen LogP contribution in [0.25, 0.3) is 0 Å². The van der Waals surface area contributed by atoms with Gasteiger partial charge in [-0.2, -0.15) is 0 Å². The number of rotatable bonds is 3. The lowest BCUT2D eigenvalue weighted by Gasteiger charge is -2.23. The normalized spacial score (nSPS) is 11.4. The molecule has 2 aromatic carbocycles. The summed E-state index contributed by atoms with van der Waals surface area (Å²) in [6, 6.07) is 14.3. The second-order valence-electron chi connectivity index (χ2n) is 5.88. The molecule has 1 nitrogen and oxygen atoms in total. The average molecular weight is 353 g/mol. The van der Waals surface area contributed by atoms with E-state index in [9.17, 15) is 0 Å². The topological polar surface area (TPSA) is 12.0 Å². The minimum absolute atomic E-state index is 0.126. The molecule has 0 aromatic heterocycles. The van der Waals surface area contributed by atoms with Gasteiger partial charge in [-0.25, -0.2) is 0 Å². The fourth-order valence-corrected chi connectivity index (χ4v) is 2.97. The maximum absolute atomic E-state index is 5.97. The van der Waals surface area contributed by atoms with Gasteiger partial charge in [-0.15, -0.1) is 0 Å². The lowest BCUT2D eigenvalue weighted by molar-refractivity contribution is 0.591. The van der Waals surface area contributed by atoms with Crippen LogP contribution < -0.4 is 5.32 Å². The largest absolute Gasteiger partial charge is 0.381 e. The summed E-state index contributed by atoms with van der Waals surface area (Å²) in [5.74, 6) is 0. The molecule has 0 aliphatic heterocycles. The predicted octanol–water partition coefficient (Wildman–Crippen LogP) is 6.01. The minimum atomic E-state index is 0.126. The van der Waals surface area contributed by atoms with Crippen LogP contribution in [-0.4, -0.2) is 0 Å². The highest BCUT2D eigenvalue weighted by Crippen LogP contribution is 2.30. The summed E-state index contributed by atoms with van der Waals surface area (Å²) in [4.78, 5) is 0. The van der Waals surface area contributed by atoms with Crippen LogP contribution in [0.2, 0.25) is 5.02 Å². The molecule has 2 rings (SSSR count). The van der Waals surface area contributed by atoms with Crippen LogP contribution in [0, 0.1) is 0 Å². The maximum atomic E-state index is 5.97. The van der Waals surface area contributed by atoms with Crippen LogP contribution in [0.1, 0.15) is 31.9 Å². The molecule has 106 valence electrons. The molecule has 0 fully saturated rings. The molecule has 2 aromatic rings. The van der Waals surface area contributed by atoms with Gasteiger partial charge < -0.3 is 5.32 Å². The molecule has 0 unspecified atom stereocenters. The summed E-state index contributed by atoms with van der Waals surface area (Å²) in [6.45, 7) is 7.45. The van der Waals surface area contributed by atoms with Crippen LogP contribution in [0.5, 0.6) is 0 Å². The molecular weight excluding hydrogens is 334 g/mol. The van der Waals surface area contributed by atoms with Crippen LogP contribution in [-0.2, 0) is 12.0 Å². The molecule has 0 spiro atoms. The lowest BCUT2D eigenvalue weighted by atomic mass is 9.86. The number of halogens is 2. The quantitative estimate of drug-likeness (QED) is 0.713. The van der Waals surface area contributed by atoms with E-state index in [1.165, 1.54) is 16.8 Å². The first kappa shape index (κ1) is 15.4. The Morgan fingerprint density at radius 2 is 1.80 bits per heavy atom. The Morgan fingerprint density at radius 1 is 1.10 bits per heavy atom. The average Bonchev–Trinajstić information content (AvgIpc) is 2.37. The van der Waals surface area contributed by atoms with Gasteiger partial charge in [-0.3, -0.25) is 0 Å². The number of hydrogen-bond acceptors (Lipinski definition) is 1. The molecule has 0 amide bonds. The number of para-hydroxylation sites is 1. The van der Waals surface area contributed by atoms with E-state index >= 15 is 0 Å². The minimum Gasteiger partial charge on any atom is -0.381 e. The smallest absolute Gasteiger partial charge is 0.0417 e. The van der Waals surface area contributed by atoms with Crippen molar-refractivity contribution in [2.45, 2.75) is 32.7 Å². The lowest BCUT2D eigenvalue weighted by Crippen LogP contribution is -2.14. The predicted molar refractivity (Wildman–Crippen MR) is 91.6 cm³/mol. The van der Waals surface area contributed by atoms with Gasteiger partial charge >= 0.3 is 0 Å². The zero-order valence-corrected chi connectivity index (χ0v) is 14.3. The number of hydrogen-bond donors (Lipinski definition) is 1. The maximum Gasteiger partial charge on any atom is 0.0417 e. The summed E-state index contributed by atoms with van der Waals surface area (Å²) in [5, 5.41) is 4.27. The summed E-state index contributed by atoms with van der Waals surface area (Å²) >= 11 is 9.52. The SMILES string of the molecule is CC(C)(C)c1ccccc1NCc1ccc(Cl)cc1Br. The molecule has 0 aliphatic carbocycles. The Balaban J connectivity index is 2.19. The Labute approximate surface area is 134 Å². The van der Waals surface area contributed by atoms with Crippen LogP contribution in [0.4, 0.5) is 5.69 Å². The van der Waals surface area contributed by atoms with Gasteiger partial charge in [0.25, 0.3) is 0 Å². The molecular formula is C17H19BrClN. The van der Waals surface area contributed by atoms with E-state index in [4.69, 9.17) is 11.6 Å². The highest BCUT2D eigenvalue weighted by Gasteiger charge is 2.17. The molecule has 3 heteroatoms. The van der Waals surface area contributed by atoms with Crippen LogP contribution in [0.3, 0.4) is 0 Å². The van der Waals surface area contributed by atoms with Gasteiger partial charge in [0.15, 0.2) is 0 Å². The van der Waals surface area contributed by atoms with Crippen molar-refractivity contribution in [3.63, 3.8) is 0 Å². The molecule has 0 aliphatic rings. The van der Waals surface area contributed by atoms with Crippen molar-refractivity contribution in [3.05, 3.63) is 63.1 Å². The first-order chi connectivity index (χ1) is 9.38. The number of benzene rings is 2. The summed E-state index contributed by atoms with van der Waals surface area (Å²) < 4.78 is 1.03. The van der Waals surface area contributed by atoms with Crippen molar-refractivity contribution < 1.29 is 0 Å². The highest BCUT2D eigenvalue weighted by molar-refractivity contribution is 9.10. The molecule has 0 saturated heterocycles. The molecule has 0 atom stereocenters. The first-order valence-electron chi connectivity index (χ1n) is 6.65. The Kier molecular flexibility index (Phi) is 4.77. The Morgan fingerprint density at radius 3 is 2.45 bits per heavy atom. The van der Waals surface area contributed by atoms with E-state index in [-0.39, 0.29) is 5.41 Å². The van der Waals surface area contributed by atoms with Crippen molar-refractivity contribution in [1.82, 2.24) is 0 Å². The van der Waals surface area contributed by atoms with Crippen LogP contribution >= 0.6 is 27.5 Å². The highest BCUT2D eigenvalue weighted by atomic mass is 79.9. The van der Waals surface area contributed by atoms with E-state index in [0.29, 0.717) is 0 Å². The van der Waals surface area contributed by atoms with Gasteiger partial charge in [-0.05, 0) is 34.7 Å². The van der Waals surface area contributed by atoms with E-state index in [1.807, 2.05) is 18.2 Å². The third-order valence-electron chi connectivity index (χ3n) is 3.22. The second-order valence-corrected chi connectivity index (χ2v) is 7.18. The Bertz CT molecular complexity index is 602. The standard InChI is InChI=1S/C17H19BrClN/c1-17(2,3)14-6-4-5-7-16(14)20-11-12-8-9-13(19)10-15(12)18/h4-10,20H,11H2,1-3H3. The molecule has 20 heavy (non-hydrogen) atoms. The van der Waals surface area contributed by atoms with E-state index in [2.05, 4.69) is 66.3 Å². The van der Waals surface area contributed by atoms with E-state index in [0.717, 1.165) is 16.0 Å². The van der Waals surface area contributed by atoms with Crippen molar-refractivity contribution in [2.75, 3.05) is 5.32 Å².